The largest absolute Gasteiger partial charge is 0.347 e. The number of nitro groups is 1. The topological polar surface area (TPSA) is 85.1 Å². The Morgan fingerprint density at radius 3 is 2.90 bits per heavy atom. The average Bonchev–Trinajstić information content (AvgIpc) is 2.82. The van der Waals surface area contributed by atoms with Gasteiger partial charge in [-0.15, -0.1) is 11.3 Å². The van der Waals surface area contributed by atoms with Crippen LogP contribution in [0.3, 0.4) is 0 Å². The van der Waals surface area contributed by atoms with Crippen LogP contribution in [0.4, 0.5) is 5.69 Å². The Kier molecular flexibility index (Phi) is 4.69. The van der Waals surface area contributed by atoms with Gasteiger partial charge in [0, 0.05) is 20.8 Å². The lowest BCUT2D eigenvalue weighted by Gasteiger charge is -2.04. The molecule has 0 aliphatic carbocycles. The Bertz CT molecular complexity index is 677. The first-order valence-electron chi connectivity index (χ1n) is 5.28. The van der Waals surface area contributed by atoms with Gasteiger partial charge in [0.25, 0.3) is 11.6 Å². The second-order valence-electron chi connectivity index (χ2n) is 3.70. The maximum atomic E-state index is 12.0. The molecule has 9 heteroatoms. The molecule has 20 heavy (non-hydrogen) atoms. The standard InChI is InChI=1S/C11H7BrClN3O3S/c12-6-1-8(20-5-6)4-15-11(17)9-2-7(16(18)19)3-14-10(9)13/h1-3,5H,4H2,(H,15,17). The van der Waals surface area contributed by atoms with Gasteiger partial charge in [0.1, 0.15) is 11.3 Å². The fourth-order valence-electron chi connectivity index (χ4n) is 1.41. The third-order valence-corrected chi connectivity index (χ3v) is 4.32. The molecule has 2 rings (SSSR count). The van der Waals surface area contributed by atoms with Crippen molar-refractivity contribution >= 4 is 50.5 Å². The van der Waals surface area contributed by atoms with Crippen molar-refractivity contribution in [3.63, 3.8) is 0 Å². The third kappa shape index (κ3) is 3.53. The SMILES string of the molecule is O=C(NCc1cc(Br)cs1)c1cc([N+](=O)[O-])cnc1Cl. The van der Waals surface area contributed by atoms with Gasteiger partial charge in [-0.3, -0.25) is 14.9 Å². The summed E-state index contributed by atoms with van der Waals surface area (Å²) in [5, 5.41) is 15.1. The van der Waals surface area contributed by atoms with Crippen molar-refractivity contribution in [3.05, 3.63) is 53.9 Å². The molecule has 1 N–H and O–H groups in total. The molecule has 0 aromatic carbocycles. The zero-order valence-electron chi connectivity index (χ0n) is 9.80. The summed E-state index contributed by atoms with van der Waals surface area (Å²) < 4.78 is 0.932. The highest BCUT2D eigenvalue weighted by Gasteiger charge is 2.17. The summed E-state index contributed by atoms with van der Waals surface area (Å²) in [5.74, 6) is -0.504. The van der Waals surface area contributed by atoms with E-state index in [1.807, 2.05) is 11.4 Å². The van der Waals surface area contributed by atoms with E-state index in [-0.39, 0.29) is 16.4 Å². The number of amides is 1. The van der Waals surface area contributed by atoms with Gasteiger partial charge >= 0.3 is 0 Å². The Labute approximate surface area is 131 Å². The smallest absolute Gasteiger partial charge is 0.288 e. The molecule has 104 valence electrons. The van der Waals surface area contributed by atoms with Gasteiger partial charge in [-0.1, -0.05) is 11.6 Å². The summed E-state index contributed by atoms with van der Waals surface area (Å²) >= 11 is 10.6. The molecular weight excluding hydrogens is 370 g/mol. The van der Waals surface area contributed by atoms with Crippen molar-refractivity contribution in [1.29, 1.82) is 0 Å². The van der Waals surface area contributed by atoms with Crippen LogP contribution in [0, 0.1) is 10.1 Å². The first-order chi connectivity index (χ1) is 9.47. The summed E-state index contributed by atoms with van der Waals surface area (Å²) in [4.78, 5) is 26.6. The lowest BCUT2D eigenvalue weighted by atomic mass is 10.2. The van der Waals surface area contributed by atoms with Crippen molar-refractivity contribution in [2.45, 2.75) is 6.54 Å². The summed E-state index contributed by atoms with van der Waals surface area (Å²) in [6.45, 7) is 0.314. The molecule has 0 bridgehead atoms. The fraction of sp³-hybridized carbons (Fsp3) is 0.0909. The second kappa shape index (κ2) is 6.29. The van der Waals surface area contributed by atoms with Crippen LogP contribution < -0.4 is 5.32 Å². The molecule has 0 aliphatic heterocycles. The van der Waals surface area contributed by atoms with E-state index < -0.39 is 10.8 Å². The van der Waals surface area contributed by atoms with Crippen LogP contribution in [0.15, 0.2) is 28.2 Å². The van der Waals surface area contributed by atoms with E-state index in [2.05, 4.69) is 26.2 Å². The van der Waals surface area contributed by atoms with Crippen molar-refractivity contribution in [3.8, 4) is 0 Å². The zero-order chi connectivity index (χ0) is 14.7. The molecule has 0 spiro atoms. The highest BCUT2D eigenvalue weighted by molar-refractivity contribution is 9.10. The number of carbonyl (C=O) groups excluding carboxylic acids is 1. The van der Waals surface area contributed by atoms with Crippen molar-refractivity contribution in [2.24, 2.45) is 0 Å². The molecule has 0 unspecified atom stereocenters. The lowest BCUT2D eigenvalue weighted by molar-refractivity contribution is -0.385. The number of aromatic nitrogens is 1. The molecule has 0 fully saturated rings. The minimum Gasteiger partial charge on any atom is -0.347 e. The quantitative estimate of drug-likeness (QED) is 0.503. The Hall–Kier alpha value is -1.51. The highest BCUT2D eigenvalue weighted by Crippen LogP contribution is 2.21. The van der Waals surface area contributed by atoms with Crippen LogP contribution in [0.2, 0.25) is 5.15 Å². The molecule has 6 nitrogen and oxygen atoms in total. The molecule has 0 radical (unpaired) electrons. The number of hydrogen-bond acceptors (Lipinski definition) is 5. The molecule has 0 saturated carbocycles. The van der Waals surface area contributed by atoms with E-state index in [0.29, 0.717) is 6.54 Å². The number of hydrogen-bond donors (Lipinski definition) is 1. The number of carbonyl (C=O) groups is 1. The molecule has 2 aromatic heterocycles. The van der Waals surface area contributed by atoms with Crippen LogP contribution in [0.25, 0.3) is 0 Å². The number of halogens is 2. The molecular formula is C11H7BrClN3O3S. The normalized spacial score (nSPS) is 10.3. The summed E-state index contributed by atoms with van der Waals surface area (Å²) in [6.07, 6.45) is 1.01. The molecule has 1 amide bonds. The van der Waals surface area contributed by atoms with E-state index in [0.717, 1.165) is 21.6 Å². The molecule has 0 saturated heterocycles. The first-order valence-corrected chi connectivity index (χ1v) is 7.33. The monoisotopic (exact) mass is 375 g/mol. The predicted octanol–water partition coefficient (Wildman–Crippen LogP) is 3.40. The average molecular weight is 377 g/mol. The number of nitrogens with zero attached hydrogens (tertiary/aromatic N) is 2. The third-order valence-electron chi connectivity index (χ3n) is 2.33. The Balaban J connectivity index is 2.12. The van der Waals surface area contributed by atoms with Gasteiger partial charge in [-0.2, -0.15) is 0 Å². The van der Waals surface area contributed by atoms with Gasteiger partial charge in [-0.25, -0.2) is 4.98 Å². The molecule has 0 atom stereocenters. The maximum Gasteiger partial charge on any atom is 0.288 e. The van der Waals surface area contributed by atoms with E-state index >= 15 is 0 Å². The van der Waals surface area contributed by atoms with Crippen LogP contribution in [0.5, 0.6) is 0 Å². The van der Waals surface area contributed by atoms with Gasteiger partial charge in [0.15, 0.2) is 0 Å². The van der Waals surface area contributed by atoms with Gasteiger partial charge in [-0.05, 0) is 22.0 Å². The minimum absolute atomic E-state index is 0.0171. The Morgan fingerprint density at radius 2 is 2.30 bits per heavy atom. The van der Waals surface area contributed by atoms with Gasteiger partial charge < -0.3 is 5.32 Å². The first kappa shape index (κ1) is 14.9. The van der Waals surface area contributed by atoms with Crippen LogP contribution >= 0.6 is 38.9 Å². The van der Waals surface area contributed by atoms with Crippen molar-refractivity contribution < 1.29 is 9.72 Å². The van der Waals surface area contributed by atoms with E-state index in [9.17, 15) is 14.9 Å². The molecule has 2 aromatic rings. The van der Waals surface area contributed by atoms with E-state index in [1.54, 1.807) is 0 Å². The van der Waals surface area contributed by atoms with Crippen molar-refractivity contribution in [1.82, 2.24) is 10.3 Å². The predicted molar refractivity (Wildman–Crippen MR) is 79.1 cm³/mol. The Morgan fingerprint density at radius 1 is 1.55 bits per heavy atom. The van der Waals surface area contributed by atoms with Crippen LogP contribution in [-0.2, 0) is 6.54 Å². The highest BCUT2D eigenvalue weighted by atomic mass is 79.9. The lowest BCUT2D eigenvalue weighted by Crippen LogP contribution is -2.23. The van der Waals surface area contributed by atoms with Crippen LogP contribution in [-0.4, -0.2) is 15.8 Å². The van der Waals surface area contributed by atoms with E-state index in [4.69, 9.17) is 11.6 Å². The van der Waals surface area contributed by atoms with Gasteiger partial charge in [0.05, 0.1) is 17.0 Å². The zero-order valence-corrected chi connectivity index (χ0v) is 13.0. The molecule has 0 aliphatic rings. The summed E-state index contributed by atoms with van der Waals surface area (Å²) in [5.41, 5.74) is -0.296. The maximum absolute atomic E-state index is 12.0. The van der Waals surface area contributed by atoms with E-state index in [1.165, 1.54) is 11.3 Å². The number of pyridine rings is 1. The number of nitrogens with one attached hydrogen (secondary N) is 1. The van der Waals surface area contributed by atoms with Gasteiger partial charge in [0.2, 0.25) is 0 Å². The molecule has 2 heterocycles. The summed E-state index contributed by atoms with van der Waals surface area (Å²) in [6, 6.07) is 2.98. The fourth-order valence-corrected chi connectivity index (χ4v) is 2.99. The van der Waals surface area contributed by atoms with Crippen LogP contribution in [0.1, 0.15) is 15.2 Å². The summed E-state index contributed by atoms with van der Waals surface area (Å²) in [7, 11) is 0. The van der Waals surface area contributed by atoms with Crippen molar-refractivity contribution in [2.75, 3.05) is 0 Å². The number of thiophene rings is 1. The number of rotatable bonds is 4. The second-order valence-corrected chi connectivity index (χ2v) is 5.97. The minimum atomic E-state index is -0.628.